The predicted molar refractivity (Wildman–Crippen MR) is 101 cm³/mol. The summed E-state index contributed by atoms with van der Waals surface area (Å²) in [6, 6.07) is 9.27. The van der Waals surface area contributed by atoms with Gasteiger partial charge in [-0.1, -0.05) is 17.7 Å². The summed E-state index contributed by atoms with van der Waals surface area (Å²) in [7, 11) is 0. The van der Waals surface area contributed by atoms with Gasteiger partial charge in [0.25, 0.3) is 0 Å². The van der Waals surface area contributed by atoms with Crippen LogP contribution >= 0.6 is 11.6 Å². The van der Waals surface area contributed by atoms with Gasteiger partial charge in [-0.15, -0.1) is 0 Å². The molecule has 0 atom stereocenters. The third kappa shape index (κ3) is 4.21. The number of ether oxygens (including phenoxy) is 2. The molecule has 1 fully saturated rings. The fraction of sp³-hybridized carbons (Fsp3) is 0.400. The highest BCUT2D eigenvalue weighted by Gasteiger charge is 2.31. The second kappa shape index (κ2) is 7.81. The number of piperazine rings is 1. The molecule has 28 heavy (non-hydrogen) atoms. The van der Waals surface area contributed by atoms with E-state index in [1.165, 1.54) is 12.1 Å². The summed E-state index contributed by atoms with van der Waals surface area (Å²) in [5.41, 5.74) is 1.95. The van der Waals surface area contributed by atoms with Crippen molar-refractivity contribution in [1.82, 2.24) is 4.90 Å². The van der Waals surface area contributed by atoms with E-state index in [0.717, 1.165) is 36.0 Å². The Hall–Kier alpha value is -1.96. The Kier molecular flexibility index (Phi) is 5.40. The lowest BCUT2D eigenvalue weighted by Crippen LogP contribution is -2.46. The molecule has 0 N–H and O–H groups in total. The molecule has 2 aliphatic rings. The molecule has 4 nitrogen and oxygen atoms in total. The molecule has 2 aromatic carbocycles. The molecule has 150 valence electrons. The maximum atomic E-state index is 13.0. The quantitative estimate of drug-likeness (QED) is 0.738. The van der Waals surface area contributed by atoms with Crippen LogP contribution in [0.4, 0.5) is 18.9 Å². The van der Waals surface area contributed by atoms with Crippen molar-refractivity contribution >= 4 is 17.3 Å². The average molecular weight is 413 g/mol. The summed E-state index contributed by atoms with van der Waals surface area (Å²) in [6.07, 6.45) is -4.33. The van der Waals surface area contributed by atoms with Gasteiger partial charge >= 0.3 is 6.18 Å². The van der Waals surface area contributed by atoms with Gasteiger partial charge < -0.3 is 14.4 Å². The number of benzene rings is 2. The molecule has 0 unspecified atom stereocenters. The van der Waals surface area contributed by atoms with Crippen molar-refractivity contribution in [1.29, 1.82) is 0 Å². The zero-order valence-electron chi connectivity index (χ0n) is 15.1. The van der Waals surface area contributed by atoms with Crippen molar-refractivity contribution in [2.45, 2.75) is 19.3 Å². The van der Waals surface area contributed by atoms with Crippen LogP contribution in [0.15, 0.2) is 36.4 Å². The molecule has 0 amide bonds. The summed E-state index contributed by atoms with van der Waals surface area (Å²) < 4.78 is 49.8. The van der Waals surface area contributed by atoms with Crippen LogP contribution in [-0.4, -0.2) is 37.9 Å². The standard InChI is InChI=1S/C20H20ClF3N2O2/c21-17-8-14(19-15(9-17)12-27-13-28-19)11-25-4-6-26(7-5-25)18-3-1-2-16(10-18)20(22,23)24/h1-3,8-10H,4-7,11-13H2. The van der Waals surface area contributed by atoms with Gasteiger partial charge in [-0.05, 0) is 30.3 Å². The number of halogens is 4. The van der Waals surface area contributed by atoms with E-state index in [2.05, 4.69) is 4.90 Å². The minimum Gasteiger partial charge on any atom is -0.467 e. The first-order valence-corrected chi connectivity index (χ1v) is 9.44. The third-order valence-corrected chi connectivity index (χ3v) is 5.27. The van der Waals surface area contributed by atoms with E-state index < -0.39 is 11.7 Å². The Bertz CT molecular complexity index is 852. The molecule has 2 heterocycles. The van der Waals surface area contributed by atoms with Gasteiger partial charge in [0, 0.05) is 54.6 Å². The Morgan fingerprint density at radius 3 is 2.57 bits per heavy atom. The summed E-state index contributed by atoms with van der Waals surface area (Å²) in [5.74, 6) is 0.830. The zero-order valence-corrected chi connectivity index (χ0v) is 15.9. The highest BCUT2D eigenvalue weighted by atomic mass is 35.5. The number of hydrogen-bond donors (Lipinski definition) is 0. The summed E-state index contributed by atoms with van der Waals surface area (Å²) >= 11 is 6.22. The lowest BCUT2D eigenvalue weighted by atomic mass is 10.1. The molecule has 0 aliphatic carbocycles. The number of hydrogen-bond acceptors (Lipinski definition) is 4. The summed E-state index contributed by atoms with van der Waals surface area (Å²) in [4.78, 5) is 4.25. The molecule has 2 aliphatic heterocycles. The molecule has 2 aromatic rings. The van der Waals surface area contributed by atoms with E-state index in [1.54, 1.807) is 6.07 Å². The topological polar surface area (TPSA) is 24.9 Å². The number of alkyl halides is 3. The van der Waals surface area contributed by atoms with E-state index in [-0.39, 0.29) is 6.79 Å². The summed E-state index contributed by atoms with van der Waals surface area (Å²) in [6.45, 7) is 4.20. The molecule has 0 bridgehead atoms. The van der Waals surface area contributed by atoms with E-state index in [0.29, 0.717) is 37.0 Å². The van der Waals surface area contributed by atoms with Crippen LogP contribution in [0.3, 0.4) is 0 Å². The fourth-order valence-electron chi connectivity index (χ4n) is 3.66. The monoisotopic (exact) mass is 412 g/mol. The van der Waals surface area contributed by atoms with Crippen LogP contribution in [0.1, 0.15) is 16.7 Å². The third-order valence-electron chi connectivity index (χ3n) is 5.06. The largest absolute Gasteiger partial charge is 0.467 e. The average Bonchev–Trinajstić information content (AvgIpc) is 2.68. The van der Waals surface area contributed by atoms with Gasteiger partial charge in [0.2, 0.25) is 0 Å². The van der Waals surface area contributed by atoms with Crippen LogP contribution < -0.4 is 9.64 Å². The summed E-state index contributed by atoms with van der Waals surface area (Å²) in [5, 5.41) is 0.644. The maximum absolute atomic E-state index is 13.0. The van der Waals surface area contributed by atoms with Gasteiger partial charge in [-0.3, -0.25) is 4.90 Å². The smallest absolute Gasteiger partial charge is 0.416 e. The first-order valence-electron chi connectivity index (χ1n) is 9.06. The van der Waals surface area contributed by atoms with Gasteiger partial charge in [-0.2, -0.15) is 13.2 Å². The van der Waals surface area contributed by atoms with E-state index in [1.807, 2.05) is 17.0 Å². The van der Waals surface area contributed by atoms with Crippen LogP contribution in [0.2, 0.25) is 5.02 Å². The Labute approximate surface area is 166 Å². The van der Waals surface area contributed by atoms with Crippen molar-refractivity contribution in [2.75, 3.05) is 37.9 Å². The number of fused-ring (bicyclic) bond motifs is 1. The Morgan fingerprint density at radius 2 is 1.82 bits per heavy atom. The highest BCUT2D eigenvalue weighted by molar-refractivity contribution is 6.30. The minimum atomic E-state index is -4.33. The molecule has 0 saturated carbocycles. The number of anilines is 1. The van der Waals surface area contributed by atoms with Crippen molar-refractivity contribution in [3.05, 3.63) is 58.1 Å². The molecule has 0 spiro atoms. The number of rotatable bonds is 3. The molecule has 8 heteroatoms. The molecular weight excluding hydrogens is 393 g/mol. The maximum Gasteiger partial charge on any atom is 0.416 e. The van der Waals surface area contributed by atoms with Crippen LogP contribution in [0.25, 0.3) is 0 Å². The van der Waals surface area contributed by atoms with E-state index in [4.69, 9.17) is 21.1 Å². The lowest BCUT2D eigenvalue weighted by molar-refractivity contribution is -0.137. The van der Waals surface area contributed by atoms with Crippen LogP contribution in [0, 0.1) is 0 Å². The van der Waals surface area contributed by atoms with Crippen molar-refractivity contribution in [3.8, 4) is 5.75 Å². The molecule has 1 saturated heterocycles. The molecule has 0 radical (unpaired) electrons. The first-order chi connectivity index (χ1) is 13.4. The second-order valence-corrected chi connectivity index (χ2v) is 7.41. The van der Waals surface area contributed by atoms with Gasteiger partial charge in [0.05, 0.1) is 12.2 Å². The Balaban J connectivity index is 1.42. The zero-order chi connectivity index (χ0) is 19.7. The second-order valence-electron chi connectivity index (χ2n) is 6.98. The molecule has 0 aromatic heterocycles. The molecular formula is C20H20ClF3N2O2. The lowest BCUT2D eigenvalue weighted by Gasteiger charge is -2.36. The van der Waals surface area contributed by atoms with Crippen LogP contribution in [-0.2, 0) is 24.1 Å². The highest BCUT2D eigenvalue weighted by Crippen LogP contribution is 2.34. The van der Waals surface area contributed by atoms with Crippen molar-refractivity contribution in [2.24, 2.45) is 0 Å². The predicted octanol–water partition coefficient (Wildman–Crippen LogP) is 4.55. The number of nitrogens with zero attached hydrogens (tertiary/aromatic N) is 2. The normalized spacial score (nSPS) is 17.9. The van der Waals surface area contributed by atoms with Crippen molar-refractivity contribution in [3.63, 3.8) is 0 Å². The van der Waals surface area contributed by atoms with E-state index >= 15 is 0 Å². The van der Waals surface area contributed by atoms with Gasteiger partial charge in [0.15, 0.2) is 6.79 Å². The van der Waals surface area contributed by atoms with Crippen LogP contribution in [0.5, 0.6) is 5.75 Å². The van der Waals surface area contributed by atoms with Gasteiger partial charge in [0.1, 0.15) is 5.75 Å². The van der Waals surface area contributed by atoms with E-state index in [9.17, 15) is 13.2 Å². The first kappa shape index (κ1) is 19.4. The Morgan fingerprint density at radius 1 is 1.04 bits per heavy atom. The SMILES string of the molecule is FC(F)(F)c1cccc(N2CCN(Cc3cc(Cl)cc4c3OCOC4)CC2)c1. The van der Waals surface area contributed by atoms with Crippen molar-refractivity contribution < 1.29 is 22.6 Å². The fourth-order valence-corrected chi connectivity index (χ4v) is 3.92. The van der Waals surface area contributed by atoms with Gasteiger partial charge in [-0.25, -0.2) is 0 Å². The molecule has 4 rings (SSSR count). The minimum absolute atomic E-state index is 0.227.